The second-order valence-corrected chi connectivity index (χ2v) is 4.73. The molecule has 3 N–H and O–H groups in total. The summed E-state index contributed by atoms with van der Waals surface area (Å²) < 4.78 is 13.5. The van der Waals surface area contributed by atoms with E-state index in [1.807, 2.05) is 5.32 Å². The van der Waals surface area contributed by atoms with Crippen molar-refractivity contribution < 1.29 is 23.9 Å². The molecule has 20 heavy (non-hydrogen) atoms. The molecule has 0 aliphatic rings. The molecule has 0 unspecified atom stereocenters. The number of carboxylic acid groups (broad SMARTS) is 1. The molecule has 0 atom stereocenters. The molecular weight excluding hydrogens is 335 g/mol. The maximum atomic E-state index is 13.2. The quantitative estimate of drug-likeness (QED) is 0.763. The van der Waals surface area contributed by atoms with Crippen LogP contribution in [0.15, 0.2) is 22.7 Å². The molecule has 0 aliphatic heterocycles. The molecule has 0 aromatic heterocycles. The molecule has 8 heteroatoms. The number of urea groups is 1. The van der Waals surface area contributed by atoms with Gasteiger partial charge >= 0.3 is 12.0 Å². The second-order valence-electron chi connectivity index (χ2n) is 3.88. The Morgan fingerprint density at radius 1 is 1.25 bits per heavy atom. The number of imide groups is 1. The van der Waals surface area contributed by atoms with Gasteiger partial charge in [-0.3, -0.25) is 14.9 Å². The van der Waals surface area contributed by atoms with E-state index < -0.39 is 23.7 Å². The first-order chi connectivity index (χ1) is 9.38. The van der Waals surface area contributed by atoms with E-state index in [9.17, 15) is 18.8 Å². The third-order valence-corrected chi connectivity index (χ3v) is 2.87. The number of hydrogen-bond acceptors (Lipinski definition) is 3. The minimum absolute atomic E-state index is 0.0750. The maximum Gasteiger partial charge on any atom is 0.325 e. The second kappa shape index (κ2) is 7.59. The van der Waals surface area contributed by atoms with Crippen LogP contribution in [0.3, 0.4) is 0 Å². The van der Waals surface area contributed by atoms with Crippen molar-refractivity contribution in [2.45, 2.75) is 19.3 Å². The number of carboxylic acids is 1. The van der Waals surface area contributed by atoms with E-state index in [2.05, 4.69) is 21.2 Å². The zero-order valence-electron chi connectivity index (χ0n) is 10.3. The first-order valence-electron chi connectivity index (χ1n) is 5.66. The monoisotopic (exact) mass is 346 g/mol. The van der Waals surface area contributed by atoms with E-state index in [4.69, 9.17) is 5.11 Å². The average molecular weight is 347 g/mol. The Kier molecular flexibility index (Phi) is 6.10. The van der Waals surface area contributed by atoms with Gasteiger partial charge in [-0.15, -0.1) is 0 Å². The predicted molar refractivity (Wildman–Crippen MR) is 72.7 cm³/mol. The molecule has 0 radical (unpaired) electrons. The Morgan fingerprint density at radius 2 is 1.95 bits per heavy atom. The van der Waals surface area contributed by atoms with Gasteiger partial charge in [0, 0.05) is 18.5 Å². The molecule has 3 amide bonds. The Hall–Kier alpha value is -1.96. The summed E-state index contributed by atoms with van der Waals surface area (Å²) in [5.41, 5.74) is 0.196. The lowest BCUT2D eigenvalue weighted by atomic mass is 10.2. The van der Waals surface area contributed by atoms with Crippen LogP contribution >= 0.6 is 15.9 Å². The van der Waals surface area contributed by atoms with Crippen molar-refractivity contribution in [2.75, 3.05) is 5.32 Å². The Bertz CT molecular complexity index is 536. The van der Waals surface area contributed by atoms with Crippen LogP contribution < -0.4 is 10.6 Å². The zero-order valence-corrected chi connectivity index (χ0v) is 11.9. The summed E-state index contributed by atoms with van der Waals surface area (Å²) in [6, 6.07) is 3.17. The molecule has 6 nitrogen and oxygen atoms in total. The van der Waals surface area contributed by atoms with E-state index in [0.29, 0.717) is 0 Å². The highest BCUT2D eigenvalue weighted by molar-refractivity contribution is 9.10. The third-order valence-electron chi connectivity index (χ3n) is 2.22. The molecule has 1 aromatic carbocycles. The van der Waals surface area contributed by atoms with Crippen LogP contribution in [-0.2, 0) is 9.59 Å². The SMILES string of the molecule is O=C(O)CCCC(=O)NC(=O)Nc1ccc(Br)c(F)c1. The summed E-state index contributed by atoms with van der Waals surface area (Å²) in [6.07, 6.45) is -0.0806. The van der Waals surface area contributed by atoms with Crippen molar-refractivity contribution in [3.05, 3.63) is 28.5 Å². The lowest BCUT2D eigenvalue weighted by molar-refractivity contribution is -0.137. The number of carbonyl (C=O) groups is 3. The van der Waals surface area contributed by atoms with E-state index in [1.165, 1.54) is 12.1 Å². The highest BCUT2D eigenvalue weighted by Gasteiger charge is 2.09. The van der Waals surface area contributed by atoms with Crippen LogP contribution in [0.1, 0.15) is 19.3 Å². The van der Waals surface area contributed by atoms with Crippen LogP contribution in [0.2, 0.25) is 0 Å². The average Bonchev–Trinajstić information content (AvgIpc) is 2.33. The van der Waals surface area contributed by atoms with Gasteiger partial charge in [0.1, 0.15) is 5.82 Å². The van der Waals surface area contributed by atoms with Crippen LogP contribution in [0, 0.1) is 5.82 Å². The molecule has 1 aromatic rings. The lowest BCUT2D eigenvalue weighted by Crippen LogP contribution is -2.34. The van der Waals surface area contributed by atoms with Crippen molar-refractivity contribution in [2.24, 2.45) is 0 Å². The maximum absolute atomic E-state index is 13.2. The topological polar surface area (TPSA) is 95.5 Å². The van der Waals surface area contributed by atoms with Gasteiger partial charge in [0.15, 0.2) is 0 Å². The first kappa shape index (κ1) is 16.1. The fourth-order valence-electron chi connectivity index (χ4n) is 1.33. The minimum atomic E-state index is -1.01. The van der Waals surface area contributed by atoms with Gasteiger partial charge < -0.3 is 10.4 Å². The molecule has 0 bridgehead atoms. The van der Waals surface area contributed by atoms with E-state index in [-0.39, 0.29) is 29.4 Å². The lowest BCUT2D eigenvalue weighted by Gasteiger charge is -2.07. The standard InChI is InChI=1S/C12H12BrFN2O4/c13-8-5-4-7(6-9(8)14)15-12(20)16-10(17)2-1-3-11(18)19/h4-6H,1-3H2,(H,18,19)(H2,15,16,17,20). The number of benzene rings is 1. The van der Waals surface area contributed by atoms with E-state index in [0.717, 1.165) is 6.07 Å². The third kappa shape index (κ3) is 5.79. The van der Waals surface area contributed by atoms with Crippen molar-refractivity contribution in [3.8, 4) is 0 Å². The normalized spacial score (nSPS) is 9.90. The fourth-order valence-corrected chi connectivity index (χ4v) is 1.57. The van der Waals surface area contributed by atoms with Crippen molar-refractivity contribution in [1.29, 1.82) is 0 Å². The van der Waals surface area contributed by atoms with Crippen LogP contribution in [0.25, 0.3) is 0 Å². The number of aliphatic carboxylic acids is 1. The van der Waals surface area contributed by atoms with Gasteiger partial charge in [-0.1, -0.05) is 0 Å². The highest BCUT2D eigenvalue weighted by Crippen LogP contribution is 2.19. The van der Waals surface area contributed by atoms with Gasteiger partial charge in [0.05, 0.1) is 4.47 Å². The van der Waals surface area contributed by atoms with Gasteiger partial charge in [0.2, 0.25) is 5.91 Å². The summed E-state index contributed by atoms with van der Waals surface area (Å²) in [7, 11) is 0. The highest BCUT2D eigenvalue weighted by atomic mass is 79.9. The number of hydrogen-bond donors (Lipinski definition) is 3. The molecule has 0 saturated carbocycles. The molecule has 0 heterocycles. The Balaban J connectivity index is 2.41. The molecule has 108 valence electrons. The molecule has 0 fully saturated rings. The van der Waals surface area contributed by atoms with E-state index in [1.54, 1.807) is 0 Å². The van der Waals surface area contributed by atoms with Crippen molar-refractivity contribution >= 4 is 39.5 Å². The molecule has 0 spiro atoms. The number of halogens is 2. The van der Waals surface area contributed by atoms with Gasteiger partial charge in [-0.05, 0) is 40.5 Å². The van der Waals surface area contributed by atoms with Gasteiger partial charge in [-0.2, -0.15) is 0 Å². The number of anilines is 1. The van der Waals surface area contributed by atoms with E-state index >= 15 is 0 Å². The Morgan fingerprint density at radius 3 is 2.55 bits per heavy atom. The molecule has 1 rings (SSSR count). The van der Waals surface area contributed by atoms with Crippen molar-refractivity contribution in [3.63, 3.8) is 0 Å². The predicted octanol–water partition coefficient (Wildman–Crippen LogP) is 2.49. The summed E-state index contributed by atoms with van der Waals surface area (Å²) in [5, 5.41) is 12.7. The number of amides is 3. The minimum Gasteiger partial charge on any atom is -0.481 e. The fraction of sp³-hybridized carbons (Fsp3) is 0.250. The number of carbonyl (C=O) groups excluding carboxylic acids is 2. The number of nitrogens with one attached hydrogen (secondary N) is 2. The molecular formula is C12H12BrFN2O4. The summed E-state index contributed by atoms with van der Waals surface area (Å²) >= 11 is 2.97. The molecule has 0 aliphatic carbocycles. The summed E-state index contributed by atoms with van der Waals surface area (Å²) in [5.74, 6) is -2.15. The molecule has 0 saturated heterocycles. The number of rotatable bonds is 5. The zero-order chi connectivity index (χ0) is 15.1. The summed E-state index contributed by atoms with van der Waals surface area (Å²) in [4.78, 5) is 33.0. The van der Waals surface area contributed by atoms with Gasteiger partial charge in [-0.25, -0.2) is 9.18 Å². The van der Waals surface area contributed by atoms with Crippen LogP contribution in [0.4, 0.5) is 14.9 Å². The smallest absolute Gasteiger partial charge is 0.325 e. The Labute approximate surface area is 122 Å². The van der Waals surface area contributed by atoms with Gasteiger partial charge in [0.25, 0.3) is 0 Å². The van der Waals surface area contributed by atoms with Crippen LogP contribution in [-0.4, -0.2) is 23.0 Å². The van der Waals surface area contributed by atoms with Crippen LogP contribution in [0.5, 0.6) is 0 Å². The summed E-state index contributed by atoms with van der Waals surface area (Å²) in [6.45, 7) is 0. The van der Waals surface area contributed by atoms with Crippen molar-refractivity contribution in [1.82, 2.24) is 5.32 Å². The largest absolute Gasteiger partial charge is 0.481 e. The first-order valence-corrected chi connectivity index (χ1v) is 6.45.